The van der Waals surface area contributed by atoms with Gasteiger partial charge in [-0.25, -0.2) is 4.68 Å². The predicted octanol–water partition coefficient (Wildman–Crippen LogP) is 4.08. The molecule has 0 saturated carbocycles. The van der Waals surface area contributed by atoms with Crippen LogP contribution in [0.25, 0.3) is 0 Å². The maximum Gasteiger partial charge on any atom is 0.353 e. The molecule has 0 spiro atoms. The lowest BCUT2D eigenvalue weighted by Crippen LogP contribution is -2.05. The van der Waals surface area contributed by atoms with Crippen molar-refractivity contribution in [3.8, 4) is 11.6 Å². The molecule has 0 atom stereocenters. The van der Waals surface area contributed by atoms with Gasteiger partial charge in [-0.2, -0.15) is 5.10 Å². The van der Waals surface area contributed by atoms with E-state index in [2.05, 4.69) is 27.7 Å². The second-order valence-electron chi connectivity index (χ2n) is 4.59. The molecule has 0 aliphatic carbocycles. The van der Waals surface area contributed by atoms with E-state index in [4.69, 9.17) is 4.74 Å². The number of halogens is 1. The summed E-state index contributed by atoms with van der Waals surface area (Å²) in [7, 11) is 0. The van der Waals surface area contributed by atoms with Gasteiger partial charge in [0.1, 0.15) is 11.4 Å². The van der Waals surface area contributed by atoms with Gasteiger partial charge in [0.15, 0.2) is 0 Å². The van der Waals surface area contributed by atoms with Gasteiger partial charge in [-0.15, -0.1) is 0 Å². The molecule has 0 saturated heterocycles. The lowest BCUT2D eigenvalue weighted by atomic mass is 10.3. The molecule has 6 nitrogen and oxygen atoms in total. The Hall–Kier alpha value is -1.64. The van der Waals surface area contributed by atoms with Crippen LogP contribution in [0.2, 0.25) is 0 Å². The molecule has 0 bridgehead atoms. The van der Waals surface area contributed by atoms with Crippen molar-refractivity contribution in [2.45, 2.75) is 26.8 Å². The number of benzene rings is 1. The van der Waals surface area contributed by atoms with Gasteiger partial charge >= 0.3 is 5.69 Å². The van der Waals surface area contributed by atoms with Gasteiger partial charge in [0, 0.05) is 3.57 Å². The Morgan fingerprint density at radius 3 is 2.45 bits per heavy atom. The van der Waals surface area contributed by atoms with Gasteiger partial charge in [-0.05, 0) is 67.6 Å². The van der Waals surface area contributed by atoms with Crippen molar-refractivity contribution in [2.24, 2.45) is 0 Å². The molecule has 7 heteroatoms. The first kappa shape index (κ1) is 14.8. The van der Waals surface area contributed by atoms with E-state index in [1.807, 2.05) is 26.0 Å². The summed E-state index contributed by atoms with van der Waals surface area (Å²) in [6.07, 6.45) is 0. The fourth-order valence-corrected chi connectivity index (χ4v) is 2.15. The smallest absolute Gasteiger partial charge is 0.353 e. The molecule has 0 fully saturated rings. The molecule has 0 aliphatic rings. The topological polar surface area (TPSA) is 70.2 Å². The number of aromatic nitrogens is 2. The van der Waals surface area contributed by atoms with Gasteiger partial charge in [-0.1, -0.05) is 0 Å². The molecule has 0 radical (unpaired) electrons. The van der Waals surface area contributed by atoms with Crippen LogP contribution in [0.3, 0.4) is 0 Å². The monoisotopic (exact) mass is 387 g/mol. The summed E-state index contributed by atoms with van der Waals surface area (Å²) in [5.41, 5.74) is 0.265. The lowest BCUT2D eigenvalue weighted by molar-refractivity contribution is -0.386. The summed E-state index contributed by atoms with van der Waals surface area (Å²) in [5, 5.41) is 15.4. The summed E-state index contributed by atoms with van der Waals surface area (Å²) in [5.74, 6) is 0.721. The van der Waals surface area contributed by atoms with Crippen molar-refractivity contribution in [3.63, 3.8) is 0 Å². The first-order valence-electron chi connectivity index (χ1n) is 6.07. The number of aryl methyl sites for hydroxylation is 1. The van der Waals surface area contributed by atoms with E-state index in [0.29, 0.717) is 11.4 Å². The molecule has 106 valence electrons. The van der Waals surface area contributed by atoms with Crippen LogP contribution in [0, 0.1) is 20.6 Å². The highest BCUT2D eigenvalue weighted by Gasteiger charge is 2.28. The molecule has 0 unspecified atom stereocenters. The molecule has 2 rings (SSSR count). The van der Waals surface area contributed by atoms with Crippen LogP contribution in [-0.4, -0.2) is 14.7 Å². The van der Waals surface area contributed by atoms with Crippen LogP contribution >= 0.6 is 22.6 Å². The van der Waals surface area contributed by atoms with Crippen LogP contribution in [0.4, 0.5) is 5.69 Å². The number of hydrogen-bond donors (Lipinski definition) is 0. The average Bonchev–Trinajstić information content (AvgIpc) is 2.69. The van der Waals surface area contributed by atoms with Crippen LogP contribution < -0.4 is 4.74 Å². The Bertz CT molecular complexity index is 635. The van der Waals surface area contributed by atoms with Crippen molar-refractivity contribution in [2.75, 3.05) is 0 Å². The second kappa shape index (κ2) is 5.78. The fourth-order valence-electron chi connectivity index (χ4n) is 1.79. The van der Waals surface area contributed by atoms with E-state index in [1.54, 1.807) is 19.1 Å². The fraction of sp³-hybridized carbons (Fsp3) is 0.308. The van der Waals surface area contributed by atoms with Crippen molar-refractivity contribution in [3.05, 3.63) is 43.6 Å². The third kappa shape index (κ3) is 2.92. The Balaban J connectivity index is 2.48. The highest BCUT2D eigenvalue weighted by Crippen LogP contribution is 2.36. The summed E-state index contributed by atoms with van der Waals surface area (Å²) in [4.78, 5) is 10.7. The van der Waals surface area contributed by atoms with Crippen molar-refractivity contribution < 1.29 is 9.66 Å². The summed E-state index contributed by atoms with van der Waals surface area (Å²) >= 11 is 2.18. The zero-order valence-electron chi connectivity index (χ0n) is 11.3. The van der Waals surface area contributed by atoms with Crippen molar-refractivity contribution >= 4 is 28.3 Å². The van der Waals surface area contributed by atoms with Gasteiger partial charge in [0.25, 0.3) is 5.88 Å². The minimum absolute atomic E-state index is 0.0266. The Kier molecular flexibility index (Phi) is 4.26. The van der Waals surface area contributed by atoms with E-state index in [1.165, 1.54) is 4.68 Å². The molecule has 0 amide bonds. The average molecular weight is 387 g/mol. The normalized spacial score (nSPS) is 10.8. The SMILES string of the molecule is Cc1nn(C(C)C)c(Oc2ccc(I)cc2)c1[N+](=O)[O-]. The quantitative estimate of drug-likeness (QED) is 0.450. The Morgan fingerprint density at radius 2 is 1.95 bits per heavy atom. The molecule has 2 aromatic rings. The molecule has 20 heavy (non-hydrogen) atoms. The Labute approximate surface area is 130 Å². The molecule has 1 aromatic heterocycles. The zero-order chi connectivity index (χ0) is 14.9. The van der Waals surface area contributed by atoms with E-state index in [9.17, 15) is 10.1 Å². The summed E-state index contributed by atoms with van der Waals surface area (Å²) < 4.78 is 8.30. The van der Waals surface area contributed by atoms with Crippen LogP contribution in [0.5, 0.6) is 11.6 Å². The summed E-state index contributed by atoms with van der Waals surface area (Å²) in [6.45, 7) is 5.41. The maximum absolute atomic E-state index is 11.2. The number of ether oxygens (including phenoxy) is 1. The largest absolute Gasteiger partial charge is 0.434 e. The lowest BCUT2D eigenvalue weighted by Gasteiger charge is -2.10. The van der Waals surface area contributed by atoms with E-state index < -0.39 is 4.92 Å². The highest BCUT2D eigenvalue weighted by molar-refractivity contribution is 14.1. The number of nitrogens with zero attached hydrogens (tertiary/aromatic N) is 3. The highest BCUT2D eigenvalue weighted by atomic mass is 127. The maximum atomic E-state index is 11.2. The Morgan fingerprint density at radius 1 is 1.35 bits per heavy atom. The van der Waals surface area contributed by atoms with Gasteiger partial charge in [0.2, 0.25) is 0 Å². The molecule has 0 aliphatic heterocycles. The molecule has 1 heterocycles. The molecular weight excluding hydrogens is 373 g/mol. The van der Waals surface area contributed by atoms with Gasteiger partial charge < -0.3 is 4.74 Å². The van der Waals surface area contributed by atoms with E-state index >= 15 is 0 Å². The summed E-state index contributed by atoms with van der Waals surface area (Å²) in [6, 6.07) is 7.29. The van der Waals surface area contributed by atoms with E-state index in [0.717, 1.165) is 3.57 Å². The van der Waals surface area contributed by atoms with E-state index in [-0.39, 0.29) is 17.6 Å². The number of hydrogen-bond acceptors (Lipinski definition) is 4. The first-order chi connectivity index (χ1) is 9.40. The predicted molar refractivity (Wildman–Crippen MR) is 83.2 cm³/mol. The first-order valence-corrected chi connectivity index (χ1v) is 7.15. The minimum atomic E-state index is -0.455. The van der Waals surface area contributed by atoms with Crippen molar-refractivity contribution in [1.29, 1.82) is 0 Å². The molecular formula is C13H14IN3O3. The van der Waals surface area contributed by atoms with Gasteiger partial charge in [-0.3, -0.25) is 10.1 Å². The third-order valence-electron chi connectivity index (χ3n) is 2.71. The van der Waals surface area contributed by atoms with Crippen molar-refractivity contribution in [1.82, 2.24) is 9.78 Å². The zero-order valence-corrected chi connectivity index (χ0v) is 13.5. The second-order valence-corrected chi connectivity index (χ2v) is 5.84. The minimum Gasteiger partial charge on any atom is -0.434 e. The number of rotatable bonds is 4. The standard InChI is InChI=1S/C13H14IN3O3/c1-8(2)16-13(12(17(18)19)9(3)15-16)20-11-6-4-10(14)5-7-11/h4-8H,1-3H3. The molecule has 0 N–H and O–H groups in total. The van der Waals surface area contributed by atoms with Crippen LogP contribution in [0.15, 0.2) is 24.3 Å². The number of nitro groups is 1. The molecule has 1 aromatic carbocycles. The van der Waals surface area contributed by atoms with Crippen LogP contribution in [-0.2, 0) is 0 Å². The van der Waals surface area contributed by atoms with Gasteiger partial charge in [0.05, 0.1) is 11.0 Å². The third-order valence-corrected chi connectivity index (χ3v) is 3.43. The van der Waals surface area contributed by atoms with Crippen LogP contribution in [0.1, 0.15) is 25.6 Å².